The number of hydrogen-bond acceptors (Lipinski definition) is 6. The van der Waals surface area contributed by atoms with Gasteiger partial charge in [-0.05, 0) is 29.2 Å². The minimum absolute atomic E-state index is 0.120. The van der Waals surface area contributed by atoms with Crippen molar-refractivity contribution >= 4 is 39.6 Å². The summed E-state index contributed by atoms with van der Waals surface area (Å²) in [5.41, 5.74) is 0.662. The van der Waals surface area contributed by atoms with E-state index in [1.807, 2.05) is 0 Å². The summed E-state index contributed by atoms with van der Waals surface area (Å²) >= 11 is 1.29. The average molecular weight is 304 g/mol. The maximum absolute atomic E-state index is 11.2. The molecule has 0 atom stereocenters. The number of fused-ring (bicyclic) bond motifs is 1. The molecule has 0 radical (unpaired) electrons. The van der Waals surface area contributed by atoms with E-state index >= 15 is 0 Å². The van der Waals surface area contributed by atoms with Crippen molar-refractivity contribution in [1.82, 2.24) is 9.38 Å². The first-order valence-electron chi connectivity index (χ1n) is 5.76. The second-order valence-electron chi connectivity index (χ2n) is 4.10. The number of imidazole rings is 1. The van der Waals surface area contributed by atoms with E-state index in [2.05, 4.69) is 10.3 Å². The molecular weight excluding hydrogens is 296 g/mol. The number of nitrogens with one attached hydrogen (secondary N) is 1. The van der Waals surface area contributed by atoms with Crippen LogP contribution in [-0.4, -0.2) is 25.4 Å². The van der Waals surface area contributed by atoms with Gasteiger partial charge in [0, 0.05) is 11.1 Å². The van der Waals surface area contributed by atoms with Crippen LogP contribution < -0.4 is 5.32 Å². The Hall–Kier alpha value is -2.94. The molecule has 0 aliphatic rings. The van der Waals surface area contributed by atoms with Gasteiger partial charge in [-0.2, -0.15) is 9.38 Å². The van der Waals surface area contributed by atoms with Gasteiger partial charge in [-0.15, -0.1) is 0 Å². The highest BCUT2D eigenvalue weighted by atomic mass is 32.1. The van der Waals surface area contributed by atoms with Gasteiger partial charge in [0.05, 0.1) is 5.56 Å². The van der Waals surface area contributed by atoms with Crippen molar-refractivity contribution in [3.8, 4) is 0 Å². The molecule has 0 fully saturated rings. The largest absolute Gasteiger partial charge is 0.478 e. The van der Waals surface area contributed by atoms with Crippen LogP contribution in [0.2, 0.25) is 0 Å². The molecule has 0 amide bonds. The number of aromatic carboxylic acids is 1. The second-order valence-corrected chi connectivity index (χ2v) is 4.98. The third kappa shape index (κ3) is 2.30. The molecule has 106 valence electrons. The zero-order chi connectivity index (χ0) is 15.0. The first kappa shape index (κ1) is 13.1. The summed E-state index contributed by atoms with van der Waals surface area (Å²) in [4.78, 5) is 26.1. The Morgan fingerprint density at radius 3 is 2.71 bits per heavy atom. The van der Waals surface area contributed by atoms with Gasteiger partial charge in [0.1, 0.15) is 6.20 Å². The lowest BCUT2D eigenvalue weighted by Gasteiger charge is -2.03. The molecule has 21 heavy (non-hydrogen) atoms. The minimum Gasteiger partial charge on any atom is -0.478 e. The summed E-state index contributed by atoms with van der Waals surface area (Å²) in [7, 11) is 0. The smallest absolute Gasteiger partial charge is 0.373 e. The lowest BCUT2D eigenvalue weighted by atomic mass is 10.2. The fourth-order valence-corrected chi connectivity index (χ4v) is 2.57. The molecule has 2 N–H and O–H groups in total. The first-order chi connectivity index (χ1) is 10.1. The predicted octanol–water partition coefficient (Wildman–Crippen LogP) is 2.75. The molecule has 3 aromatic rings. The Morgan fingerprint density at radius 1 is 1.38 bits per heavy atom. The minimum atomic E-state index is -1.03. The van der Waals surface area contributed by atoms with Crippen molar-refractivity contribution in [3.05, 3.63) is 51.5 Å². The quantitative estimate of drug-likeness (QED) is 0.566. The third-order valence-electron chi connectivity index (χ3n) is 2.80. The Kier molecular flexibility index (Phi) is 3.03. The van der Waals surface area contributed by atoms with E-state index in [0.29, 0.717) is 10.6 Å². The maximum Gasteiger partial charge on any atom is 0.373 e. The molecule has 3 rings (SSSR count). The Balaban J connectivity index is 1.97. The summed E-state index contributed by atoms with van der Waals surface area (Å²) < 4.78 is 1.39. The number of carboxylic acid groups (broad SMARTS) is 1. The number of hydrogen-bond donors (Lipinski definition) is 2. The van der Waals surface area contributed by atoms with Crippen LogP contribution in [0.3, 0.4) is 0 Å². The molecule has 0 aliphatic carbocycles. The summed E-state index contributed by atoms with van der Waals surface area (Å²) in [5.74, 6) is -1.07. The summed E-state index contributed by atoms with van der Waals surface area (Å²) in [6.07, 6.45) is 1.57. The van der Waals surface area contributed by atoms with Crippen LogP contribution in [0.15, 0.2) is 35.8 Å². The van der Waals surface area contributed by atoms with Gasteiger partial charge in [0.15, 0.2) is 0 Å². The van der Waals surface area contributed by atoms with Gasteiger partial charge in [-0.25, -0.2) is 4.79 Å². The van der Waals surface area contributed by atoms with Crippen molar-refractivity contribution < 1.29 is 14.8 Å². The van der Waals surface area contributed by atoms with Gasteiger partial charge in [-0.1, -0.05) is 11.3 Å². The molecular formula is C12H8N4O4S. The zero-order valence-electron chi connectivity index (χ0n) is 10.4. The molecule has 0 bridgehead atoms. The molecule has 2 heterocycles. The lowest BCUT2D eigenvalue weighted by Crippen LogP contribution is -1.99. The SMILES string of the molecule is O=C(O)c1ccc(Nc2nc3sccn3c2[N+](=O)[O-])cc1. The van der Waals surface area contributed by atoms with Crippen LogP contribution >= 0.6 is 11.3 Å². The highest BCUT2D eigenvalue weighted by Crippen LogP contribution is 2.30. The van der Waals surface area contributed by atoms with Crippen molar-refractivity contribution in [2.24, 2.45) is 0 Å². The number of nitrogens with zero attached hydrogens (tertiary/aromatic N) is 3. The zero-order valence-corrected chi connectivity index (χ0v) is 11.2. The summed E-state index contributed by atoms with van der Waals surface area (Å²) in [5, 5.41) is 24.5. The average Bonchev–Trinajstić information content (AvgIpc) is 2.98. The molecule has 0 saturated carbocycles. The number of aromatic nitrogens is 2. The number of carbonyl (C=O) groups is 1. The van der Waals surface area contributed by atoms with E-state index in [0.717, 1.165) is 0 Å². The van der Waals surface area contributed by atoms with Crippen molar-refractivity contribution in [1.29, 1.82) is 0 Å². The van der Waals surface area contributed by atoms with E-state index in [4.69, 9.17) is 5.11 Å². The molecule has 0 spiro atoms. The molecule has 1 aromatic carbocycles. The maximum atomic E-state index is 11.2. The Bertz CT molecular complexity index is 837. The van der Waals surface area contributed by atoms with Crippen LogP contribution in [0.5, 0.6) is 0 Å². The normalized spacial score (nSPS) is 10.7. The standard InChI is InChI=1S/C12H8N4O4S/c17-11(18)7-1-3-8(4-2-7)13-9-10(16(19)20)15-5-6-21-12(15)14-9/h1-6,13H,(H,17,18). The van der Waals surface area contributed by atoms with Crippen LogP contribution in [0.25, 0.3) is 4.96 Å². The number of anilines is 2. The van der Waals surface area contributed by atoms with Crippen LogP contribution in [0, 0.1) is 10.1 Å². The highest BCUT2D eigenvalue weighted by Gasteiger charge is 2.23. The van der Waals surface area contributed by atoms with Crippen LogP contribution in [-0.2, 0) is 0 Å². The molecule has 9 heteroatoms. The highest BCUT2D eigenvalue weighted by molar-refractivity contribution is 7.15. The van der Waals surface area contributed by atoms with Gasteiger partial charge < -0.3 is 20.5 Å². The van der Waals surface area contributed by atoms with Gasteiger partial charge in [0.2, 0.25) is 5.82 Å². The molecule has 0 aliphatic heterocycles. The second kappa shape index (κ2) is 4.87. The van der Waals surface area contributed by atoms with Crippen molar-refractivity contribution in [3.63, 3.8) is 0 Å². The van der Waals surface area contributed by atoms with Crippen LogP contribution in [0.1, 0.15) is 10.4 Å². The molecule has 2 aromatic heterocycles. The van der Waals surface area contributed by atoms with Crippen molar-refractivity contribution in [2.75, 3.05) is 5.32 Å². The fourth-order valence-electron chi connectivity index (χ4n) is 1.86. The topological polar surface area (TPSA) is 110 Å². The van der Waals surface area contributed by atoms with Gasteiger partial charge in [0.25, 0.3) is 4.96 Å². The third-order valence-corrected chi connectivity index (χ3v) is 3.56. The van der Waals surface area contributed by atoms with E-state index in [1.54, 1.807) is 11.6 Å². The molecule has 8 nitrogen and oxygen atoms in total. The Labute approximate surface area is 121 Å². The fraction of sp³-hybridized carbons (Fsp3) is 0. The summed E-state index contributed by atoms with van der Waals surface area (Å²) in [6.45, 7) is 0. The lowest BCUT2D eigenvalue weighted by molar-refractivity contribution is -0.389. The number of nitro groups is 1. The summed E-state index contributed by atoms with van der Waals surface area (Å²) in [6, 6.07) is 5.88. The Morgan fingerprint density at radius 2 is 2.10 bits per heavy atom. The van der Waals surface area contributed by atoms with Crippen LogP contribution in [0.4, 0.5) is 17.3 Å². The number of benzene rings is 1. The van der Waals surface area contributed by atoms with Crippen molar-refractivity contribution in [2.45, 2.75) is 0 Å². The van der Waals surface area contributed by atoms with E-state index in [9.17, 15) is 14.9 Å². The number of rotatable bonds is 4. The monoisotopic (exact) mass is 304 g/mol. The molecule has 0 unspecified atom stereocenters. The van der Waals surface area contributed by atoms with E-state index in [1.165, 1.54) is 40.0 Å². The first-order valence-corrected chi connectivity index (χ1v) is 6.64. The number of thiazole rings is 1. The van der Waals surface area contributed by atoms with E-state index < -0.39 is 10.9 Å². The van der Waals surface area contributed by atoms with Gasteiger partial charge >= 0.3 is 11.8 Å². The molecule has 0 saturated heterocycles. The number of carboxylic acids is 1. The predicted molar refractivity (Wildman–Crippen MR) is 76.4 cm³/mol. The van der Waals surface area contributed by atoms with Gasteiger partial charge in [-0.3, -0.25) is 0 Å². The van der Waals surface area contributed by atoms with E-state index in [-0.39, 0.29) is 17.2 Å².